The Balaban J connectivity index is 1.61. The standard InChI is InChI=1S/C27H25N5O4/c1-16(33)29-14-17-2-4-18(5-3-17)26(30-21-7-6-20-15-28-11-10-19(20)12-21)25-23-13-22(32(35)36)8-9-24(23)31-27(25)34/h2-9,12-13,28,30H,10-11,14-15H2,1H3,(H,29,33)(H,31,34). The van der Waals surface area contributed by atoms with E-state index in [2.05, 4.69) is 33.4 Å². The van der Waals surface area contributed by atoms with Crippen LogP contribution in [-0.2, 0) is 29.1 Å². The highest BCUT2D eigenvalue weighted by Crippen LogP contribution is 2.39. The van der Waals surface area contributed by atoms with Gasteiger partial charge in [-0.15, -0.1) is 0 Å². The van der Waals surface area contributed by atoms with E-state index in [-0.39, 0.29) is 17.5 Å². The Kier molecular flexibility index (Phi) is 6.22. The van der Waals surface area contributed by atoms with E-state index < -0.39 is 4.92 Å². The third-order valence-electron chi connectivity index (χ3n) is 6.35. The Bertz CT molecular complexity index is 1410. The molecule has 0 radical (unpaired) electrons. The fourth-order valence-electron chi connectivity index (χ4n) is 4.51. The number of carbonyl (C=O) groups is 2. The van der Waals surface area contributed by atoms with E-state index in [1.807, 2.05) is 30.3 Å². The van der Waals surface area contributed by atoms with Crippen molar-refractivity contribution in [1.29, 1.82) is 0 Å². The highest BCUT2D eigenvalue weighted by atomic mass is 16.6. The van der Waals surface area contributed by atoms with Crippen molar-refractivity contribution in [3.05, 3.63) is 98.6 Å². The predicted octanol–water partition coefficient (Wildman–Crippen LogP) is 3.81. The summed E-state index contributed by atoms with van der Waals surface area (Å²) in [4.78, 5) is 35.4. The van der Waals surface area contributed by atoms with Crippen LogP contribution in [-0.4, -0.2) is 23.3 Å². The zero-order valence-corrected chi connectivity index (χ0v) is 19.7. The predicted molar refractivity (Wildman–Crippen MR) is 138 cm³/mol. The SMILES string of the molecule is CC(=O)NCc1ccc(C(Nc2ccc3c(c2)CCNC3)=C2C(=O)Nc3ccc([N+](=O)[O-])cc32)cc1. The Hall–Kier alpha value is -4.50. The lowest BCUT2D eigenvalue weighted by Gasteiger charge is -2.20. The number of nitro benzene ring substituents is 1. The summed E-state index contributed by atoms with van der Waals surface area (Å²) in [5.41, 5.74) is 6.75. The normalized spacial score (nSPS) is 15.4. The molecule has 0 saturated carbocycles. The highest BCUT2D eigenvalue weighted by Gasteiger charge is 2.30. The molecular formula is C27H25N5O4. The Morgan fingerprint density at radius 2 is 1.86 bits per heavy atom. The summed E-state index contributed by atoms with van der Waals surface area (Å²) in [6.45, 7) is 3.58. The Labute approximate surface area is 207 Å². The molecular weight excluding hydrogens is 458 g/mol. The molecule has 9 nitrogen and oxygen atoms in total. The summed E-state index contributed by atoms with van der Waals surface area (Å²) >= 11 is 0. The summed E-state index contributed by atoms with van der Waals surface area (Å²) < 4.78 is 0. The minimum Gasteiger partial charge on any atom is -0.354 e. The van der Waals surface area contributed by atoms with E-state index in [0.717, 1.165) is 36.3 Å². The molecule has 0 aromatic heterocycles. The van der Waals surface area contributed by atoms with Crippen LogP contribution in [0.1, 0.15) is 34.7 Å². The largest absolute Gasteiger partial charge is 0.354 e. The molecule has 3 aromatic rings. The van der Waals surface area contributed by atoms with Crippen molar-refractivity contribution in [3.8, 4) is 0 Å². The molecule has 5 rings (SSSR count). The monoisotopic (exact) mass is 483 g/mol. The van der Waals surface area contributed by atoms with Crippen molar-refractivity contribution in [2.24, 2.45) is 0 Å². The first-order chi connectivity index (χ1) is 17.4. The maximum Gasteiger partial charge on any atom is 0.270 e. The third kappa shape index (κ3) is 4.69. The number of carbonyl (C=O) groups excluding carboxylic acids is 2. The van der Waals surface area contributed by atoms with Crippen LogP contribution in [0, 0.1) is 10.1 Å². The summed E-state index contributed by atoms with van der Waals surface area (Å²) in [7, 11) is 0. The lowest BCUT2D eigenvalue weighted by atomic mass is 9.97. The smallest absolute Gasteiger partial charge is 0.270 e. The number of hydrogen-bond acceptors (Lipinski definition) is 6. The summed E-state index contributed by atoms with van der Waals surface area (Å²) in [5, 5.41) is 23.8. The van der Waals surface area contributed by atoms with Crippen molar-refractivity contribution < 1.29 is 14.5 Å². The molecule has 182 valence electrons. The summed E-state index contributed by atoms with van der Waals surface area (Å²) in [6.07, 6.45) is 0.907. The van der Waals surface area contributed by atoms with Crippen LogP contribution >= 0.6 is 0 Å². The lowest BCUT2D eigenvalue weighted by molar-refractivity contribution is -0.384. The minimum absolute atomic E-state index is 0.0889. The van der Waals surface area contributed by atoms with Gasteiger partial charge in [-0.2, -0.15) is 0 Å². The number of hydrogen-bond donors (Lipinski definition) is 4. The number of nitrogens with zero attached hydrogens (tertiary/aromatic N) is 1. The van der Waals surface area contributed by atoms with Crippen molar-refractivity contribution in [2.75, 3.05) is 17.2 Å². The molecule has 0 spiro atoms. The van der Waals surface area contributed by atoms with E-state index in [1.54, 1.807) is 6.07 Å². The van der Waals surface area contributed by atoms with Gasteiger partial charge in [-0.3, -0.25) is 19.7 Å². The summed E-state index contributed by atoms with van der Waals surface area (Å²) in [6, 6.07) is 18.0. The molecule has 2 amide bonds. The number of anilines is 2. The third-order valence-corrected chi connectivity index (χ3v) is 6.35. The van der Waals surface area contributed by atoms with Crippen LogP contribution in [0.5, 0.6) is 0 Å². The number of rotatable bonds is 6. The van der Waals surface area contributed by atoms with Gasteiger partial charge in [0.05, 0.1) is 16.2 Å². The average Bonchev–Trinajstić information content (AvgIpc) is 3.21. The number of nitro groups is 1. The molecule has 36 heavy (non-hydrogen) atoms. The van der Waals surface area contributed by atoms with Gasteiger partial charge in [0.1, 0.15) is 0 Å². The fraction of sp³-hybridized carbons (Fsp3) is 0.185. The number of amides is 2. The van der Waals surface area contributed by atoms with Gasteiger partial charge in [-0.1, -0.05) is 30.3 Å². The van der Waals surface area contributed by atoms with Crippen LogP contribution in [0.2, 0.25) is 0 Å². The van der Waals surface area contributed by atoms with Gasteiger partial charge < -0.3 is 21.3 Å². The second-order valence-corrected chi connectivity index (χ2v) is 8.83. The average molecular weight is 484 g/mol. The van der Waals surface area contributed by atoms with Crippen LogP contribution in [0.25, 0.3) is 11.3 Å². The topological polar surface area (TPSA) is 125 Å². The van der Waals surface area contributed by atoms with E-state index in [9.17, 15) is 19.7 Å². The maximum atomic E-state index is 13.2. The number of non-ortho nitro benzene ring substituents is 1. The minimum atomic E-state index is -0.470. The molecule has 0 fully saturated rings. The number of benzene rings is 3. The maximum absolute atomic E-state index is 13.2. The molecule has 2 aliphatic heterocycles. The van der Waals surface area contributed by atoms with Crippen molar-refractivity contribution in [1.82, 2.24) is 10.6 Å². The first kappa shape index (κ1) is 23.3. The Morgan fingerprint density at radius 1 is 1.06 bits per heavy atom. The molecule has 0 unspecified atom stereocenters. The van der Waals surface area contributed by atoms with Gasteiger partial charge in [-0.05, 0) is 53.4 Å². The van der Waals surface area contributed by atoms with E-state index in [1.165, 1.54) is 30.2 Å². The number of nitrogens with one attached hydrogen (secondary N) is 4. The first-order valence-electron chi connectivity index (χ1n) is 11.7. The van der Waals surface area contributed by atoms with Crippen LogP contribution in [0.3, 0.4) is 0 Å². The zero-order valence-electron chi connectivity index (χ0n) is 19.7. The molecule has 3 aromatic carbocycles. The molecule has 0 bridgehead atoms. The van der Waals surface area contributed by atoms with Crippen molar-refractivity contribution in [2.45, 2.75) is 26.4 Å². The summed E-state index contributed by atoms with van der Waals surface area (Å²) in [5.74, 6) is -0.454. The highest BCUT2D eigenvalue weighted by molar-refractivity contribution is 6.37. The van der Waals surface area contributed by atoms with Crippen molar-refractivity contribution in [3.63, 3.8) is 0 Å². The van der Waals surface area contributed by atoms with E-state index in [0.29, 0.717) is 29.1 Å². The first-order valence-corrected chi connectivity index (χ1v) is 11.7. The Morgan fingerprint density at radius 3 is 2.61 bits per heavy atom. The lowest BCUT2D eigenvalue weighted by Crippen LogP contribution is -2.23. The molecule has 9 heteroatoms. The molecule has 4 N–H and O–H groups in total. The van der Waals surface area contributed by atoms with Crippen LogP contribution in [0.4, 0.5) is 17.1 Å². The second-order valence-electron chi connectivity index (χ2n) is 8.83. The molecule has 2 aliphatic rings. The fourth-order valence-corrected chi connectivity index (χ4v) is 4.51. The molecule has 2 heterocycles. The van der Waals surface area contributed by atoms with Gasteiger partial charge >= 0.3 is 0 Å². The van der Waals surface area contributed by atoms with Gasteiger partial charge in [-0.25, -0.2) is 0 Å². The van der Waals surface area contributed by atoms with E-state index in [4.69, 9.17) is 0 Å². The quantitative estimate of drug-likeness (QED) is 0.240. The van der Waals surface area contributed by atoms with E-state index >= 15 is 0 Å². The molecule has 0 atom stereocenters. The number of fused-ring (bicyclic) bond motifs is 2. The molecule has 0 saturated heterocycles. The van der Waals surface area contributed by atoms with Crippen LogP contribution < -0.4 is 21.3 Å². The zero-order chi connectivity index (χ0) is 25.2. The van der Waals surface area contributed by atoms with Gasteiger partial charge in [0.2, 0.25) is 5.91 Å². The van der Waals surface area contributed by atoms with Crippen LogP contribution in [0.15, 0.2) is 60.7 Å². The van der Waals surface area contributed by atoms with Crippen molar-refractivity contribution >= 4 is 40.1 Å². The second kappa shape index (κ2) is 9.63. The molecule has 0 aliphatic carbocycles. The van der Waals surface area contributed by atoms with Gasteiger partial charge in [0.15, 0.2) is 0 Å². The van der Waals surface area contributed by atoms with Gasteiger partial charge in [0.25, 0.3) is 11.6 Å². The van der Waals surface area contributed by atoms with Gasteiger partial charge in [0, 0.05) is 49.1 Å².